The van der Waals surface area contributed by atoms with E-state index in [1.165, 1.54) is 10.4 Å². The summed E-state index contributed by atoms with van der Waals surface area (Å²) in [5, 5.41) is 6.97. The van der Waals surface area contributed by atoms with Gasteiger partial charge in [-0.25, -0.2) is 4.98 Å². The summed E-state index contributed by atoms with van der Waals surface area (Å²) in [4.78, 5) is 33.9. The molecule has 1 saturated heterocycles. The summed E-state index contributed by atoms with van der Waals surface area (Å²) in [6.07, 6.45) is 3.73. The van der Waals surface area contributed by atoms with E-state index in [1.54, 1.807) is 23.1 Å². The van der Waals surface area contributed by atoms with Gasteiger partial charge in [0, 0.05) is 42.6 Å². The number of carbonyl (C=O) groups excluding carboxylic acids is 1. The van der Waals surface area contributed by atoms with Crippen molar-refractivity contribution in [1.29, 1.82) is 0 Å². The van der Waals surface area contributed by atoms with Gasteiger partial charge in [0.15, 0.2) is 0 Å². The molecular weight excluding hydrogens is 392 g/mol. The number of hydrogen-bond donors (Lipinski definition) is 3. The number of hydrogen-bond acceptors (Lipinski definition) is 6. The number of aromatic nitrogens is 2. The Balaban J connectivity index is 0.00000196. The third-order valence-corrected chi connectivity index (χ3v) is 6.95. The quantitative estimate of drug-likeness (QED) is 0.602. The van der Waals surface area contributed by atoms with Crippen LogP contribution in [0.2, 0.25) is 0 Å². The third kappa shape index (κ3) is 4.24. The summed E-state index contributed by atoms with van der Waals surface area (Å²) in [5.74, 6) is 2.77. The SMILES string of the molecule is Cl.O=C(CCSCc1nc2sc3c(c2c(=O)[nH]1)CCC3)NCC1CNC1. The molecule has 1 aliphatic carbocycles. The first kappa shape index (κ1) is 19.7. The molecule has 0 spiro atoms. The van der Waals surface area contributed by atoms with E-state index < -0.39 is 0 Å². The number of rotatable bonds is 7. The van der Waals surface area contributed by atoms with Crippen LogP contribution < -0.4 is 16.2 Å². The Labute approximate surface area is 166 Å². The Hall–Kier alpha value is -1.09. The Morgan fingerprint density at radius 1 is 1.35 bits per heavy atom. The normalized spacial score (nSPS) is 16.2. The van der Waals surface area contributed by atoms with Crippen molar-refractivity contribution in [3.8, 4) is 0 Å². The molecule has 0 atom stereocenters. The van der Waals surface area contributed by atoms with Gasteiger partial charge in [-0.3, -0.25) is 9.59 Å². The number of aryl methyl sites for hydroxylation is 2. The van der Waals surface area contributed by atoms with Crippen molar-refractivity contribution in [3.63, 3.8) is 0 Å². The van der Waals surface area contributed by atoms with Crippen molar-refractivity contribution in [3.05, 3.63) is 26.6 Å². The average molecular weight is 415 g/mol. The van der Waals surface area contributed by atoms with Gasteiger partial charge < -0.3 is 15.6 Å². The molecule has 0 bridgehead atoms. The van der Waals surface area contributed by atoms with Crippen molar-refractivity contribution in [2.24, 2.45) is 5.92 Å². The van der Waals surface area contributed by atoms with Gasteiger partial charge in [-0.05, 0) is 24.8 Å². The van der Waals surface area contributed by atoms with E-state index >= 15 is 0 Å². The van der Waals surface area contributed by atoms with Gasteiger partial charge in [0.2, 0.25) is 5.91 Å². The van der Waals surface area contributed by atoms with E-state index in [-0.39, 0.29) is 23.9 Å². The van der Waals surface area contributed by atoms with Gasteiger partial charge in [-0.1, -0.05) is 0 Å². The maximum atomic E-state index is 12.4. The summed E-state index contributed by atoms with van der Waals surface area (Å²) in [5.41, 5.74) is 1.21. The molecule has 2 aliphatic rings. The Morgan fingerprint density at radius 3 is 2.96 bits per heavy atom. The predicted octanol–water partition coefficient (Wildman–Crippen LogP) is 1.85. The molecule has 1 amide bonds. The fourth-order valence-electron chi connectivity index (χ4n) is 3.29. The van der Waals surface area contributed by atoms with Gasteiger partial charge in [0.1, 0.15) is 10.7 Å². The minimum atomic E-state index is -0.00755. The predicted molar refractivity (Wildman–Crippen MR) is 110 cm³/mol. The molecule has 9 heteroatoms. The molecule has 2 aromatic rings. The Kier molecular flexibility index (Phi) is 6.60. The van der Waals surface area contributed by atoms with Crippen LogP contribution in [-0.2, 0) is 23.4 Å². The number of amides is 1. The fourth-order valence-corrected chi connectivity index (χ4v) is 5.37. The molecule has 4 rings (SSSR count). The number of fused-ring (bicyclic) bond motifs is 3. The molecule has 26 heavy (non-hydrogen) atoms. The second-order valence-corrected chi connectivity index (χ2v) is 8.87. The maximum absolute atomic E-state index is 12.4. The van der Waals surface area contributed by atoms with Crippen molar-refractivity contribution in [1.82, 2.24) is 20.6 Å². The number of thiophene rings is 1. The minimum absolute atomic E-state index is 0. The molecule has 3 heterocycles. The molecule has 142 valence electrons. The van der Waals surface area contributed by atoms with Crippen LogP contribution in [0.1, 0.15) is 29.1 Å². The number of H-pyrrole nitrogens is 1. The first-order valence-electron chi connectivity index (χ1n) is 8.79. The standard InChI is InChI=1S/C17H22N4O2S2.ClH/c22-14(19-8-10-6-18-7-10)4-5-24-9-13-20-16(23)15-11-2-1-3-12(11)25-17(15)21-13;/h10,18H,1-9H2,(H,19,22)(H,20,21,23);1H. The van der Waals surface area contributed by atoms with Gasteiger partial charge in [0.05, 0.1) is 11.1 Å². The fraction of sp³-hybridized carbons (Fsp3) is 0.588. The minimum Gasteiger partial charge on any atom is -0.356 e. The lowest BCUT2D eigenvalue weighted by molar-refractivity contribution is -0.120. The smallest absolute Gasteiger partial charge is 0.259 e. The summed E-state index contributed by atoms with van der Waals surface area (Å²) < 4.78 is 0. The summed E-state index contributed by atoms with van der Waals surface area (Å²) >= 11 is 3.30. The van der Waals surface area contributed by atoms with Crippen molar-refractivity contribution < 1.29 is 4.79 Å². The molecule has 2 aromatic heterocycles. The highest BCUT2D eigenvalue weighted by Crippen LogP contribution is 2.34. The first-order valence-corrected chi connectivity index (χ1v) is 10.8. The molecule has 0 unspecified atom stereocenters. The summed E-state index contributed by atoms with van der Waals surface area (Å²) in [6.45, 7) is 2.77. The zero-order valence-corrected chi connectivity index (χ0v) is 16.9. The maximum Gasteiger partial charge on any atom is 0.259 e. The molecule has 0 aromatic carbocycles. The highest BCUT2D eigenvalue weighted by molar-refractivity contribution is 7.98. The molecular formula is C17H23ClN4O2S2. The number of nitrogens with zero attached hydrogens (tertiary/aromatic N) is 1. The van der Waals surface area contributed by atoms with E-state index in [1.807, 2.05) is 0 Å². The molecule has 0 radical (unpaired) electrons. The van der Waals surface area contributed by atoms with Gasteiger partial charge in [-0.2, -0.15) is 11.8 Å². The number of aromatic amines is 1. The molecule has 6 nitrogen and oxygen atoms in total. The lowest BCUT2D eigenvalue weighted by Gasteiger charge is -2.27. The lowest BCUT2D eigenvalue weighted by atomic mass is 10.0. The third-order valence-electron chi connectivity index (χ3n) is 4.79. The zero-order valence-electron chi connectivity index (χ0n) is 14.4. The molecule has 1 fully saturated rings. The summed E-state index contributed by atoms with van der Waals surface area (Å²) in [7, 11) is 0. The Morgan fingerprint density at radius 2 is 2.19 bits per heavy atom. The molecule has 0 saturated carbocycles. The van der Waals surface area contributed by atoms with Crippen LogP contribution in [-0.4, -0.2) is 41.3 Å². The highest BCUT2D eigenvalue weighted by atomic mass is 35.5. The average Bonchev–Trinajstić information content (AvgIpc) is 3.10. The van der Waals surface area contributed by atoms with E-state index in [2.05, 4.69) is 20.6 Å². The van der Waals surface area contributed by atoms with Crippen LogP contribution in [0.4, 0.5) is 0 Å². The Bertz CT molecular complexity index is 847. The van der Waals surface area contributed by atoms with Gasteiger partial charge >= 0.3 is 0 Å². The van der Waals surface area contributed by atoms with Crippen LogP contribution in [0, 0.1) is 5.92 Å². The van der Waals surface area contributed by atoms with Gasteiger partial charge in [-0.15, -0.1) is 23.7 Å². The number of thioether (sulfide) groups is 1. The van der Waals surface area contributed by atoms with Crippen LogP contribution in [0.15, 0.2) is 4.79 Å². The van der Waals surface area contributed by atoms with E-state index in [0.717, 1.165) is 54.9 Å². The van der Waals surface area contributed by atoms with Crippen molar-refractivity contribution in [2.75, 3.05) is 25.4 Å². The van der Waals surface area contributed by atoms with E-state index in [9.17, 15) is 9.59 Å². The van der Waals surface area contributed by atoms with E-state index in [0.29, 0.717) is 23.9 Å². The van der Waals surface area contributed by atoms with Crippen LogP contribution >= 0.6 is 35.5 Å². The monoisotopic (exact) mass is 414 g/mol. The van der Waals surface area contributed by atoms with Crippen LogP contribution in [0.25, 0.3) is 10.2 Å². The van der Waals surface area contributed by atoms with Crippen molar-refractivity contribution in [2.45, 2.75) is 31.4 Å². The van der Waals surface area contributed by atoms with Crippen molar-refractivity contribution >= 4 is 51.6 Å². The largest absolute Gasteiger partial charge is 0.356 e. The zero-order chi connectivity index (χ0) is 17.2. The summed E-state index contributed by atoms with van der Waals surface area (Å²) in [6, 6.07) is 0. The second-order valence-electron chi connectivity index (χ2n) is 6.68. The molecule has 1 aliphatic heterocycles. The second kappa shape index (κ2) is 8.73. The van der Waals surface area contributed by atoms with Gasteiger partial charge in [0.25, 0.3) is 5.56 Å². The molecule has 3 N–H and O–H groups in total. The number of carbonyl (C=O) groups is 1. The number of nitrogens with one attached hydrogen (secondary N) is 3. The van der Waals surface area contributed by atoms with Crippen LogP contribution in [0.3, 0.4) is 0 Å². The van der Waals surface area contributed by atoms with Crippen LogP contribution in [0.5, 0.6) is 0 Å². The first-order chi connectivity index (χ1) is 12.2. The van der Waals surface area contributed by atoms with E-state index in [4.69, 9.17) is 0 Å². The number of halogens is 1. The lowest BCUT2D eigenvalue weighted by Crippen LogP contribution is -2.48. The topological polar surface area (TPSA) is 86.9 Å². The highest BCUT2D eigenvalue weighted by Gasteiger charge is 2.21.